The van der Waals surface area contributed by atoms with Crippen molar-refractivity contribution in [2.45, 2.75) is 46.5 Å². The first kappa shape index (κ1) is 11.4. The Hall–Kier alpha value is 0.350. The lowest BCUT2D eigenvalue weighted by Gasteiger charge is -2.16. The van der Waals surface area contributed by atoms with Crippen LogP contribution in [0.25, 0.3) is 0 Å². The fourth-order valence-electron chi connectivity index (χ4n) is 1.79. The van der Waals surface area contributed by atoms with E-state index in [0.29, 0.717) is 0 Å². The minimum Gasteiger partial charge on any atom is -0.161 e. The van der Waals surface area contributed by atoms with Crippen LogP contribution in [0.4, 0.5) is 0 Å². The van der Waals surface area contributed by atoms with Crippen molar-refractivity contribution in [3.63, 3.8) is 0 Å². The molecule has 0 aliphatic heterocycles. The van der Waals surface area contributed by atoms with Crippen molar-refractivity contribution in [1.29, 1.82) is 0 Å². The zero-order valence-electron chi connectivity index (χ0n) is 9.38. The van der Waals surface area contributed by atoms with Gasteiger partial charge in [-0.25, -0.2) is 0 Å². The Bertz CT molecular complexity index is 123. The van der Waals surface area contributed by atoms with Crippen LogP contribution in [0.5, 0.6) is 0 Å². The molecule has 0 spiro atoms. The van der Waals surface area contributed by atoms with E-state index in [9.17, 15) is 0 Å². The van der Waals surface area contributed by atoms with E-state index in [0.717, 1.165) is 17.8 Å². The van der Waals surface area contributed by atoms with Crippen LogP contribution in [0.1, 0.15) is 46.5 Å². The van der Waals surface area contributed by atoms with Gasteiger partial charge in [-0.2, -0.15) is 11.8 Å². The predicted molar refractivity (Wildman–Crippen MR) is 63.3 cm³/mol. The first-order chi connectivity index (χ1) is 6.20. The van der Waals surface area contributed by atoms with Crippen molar-refractivity contribution >= 4 is 11.8 Å². The van der Waals surface area contributed by atoms with Crippen LogP contribution in [0.2, 0.25) is 0 Å². The highest BCUT2D eigenvalue weighted by Gasteiger charge is 2.15. The molecule has 0 aromatic heterocycles. The summed E-state index contributed by atoms with van der Waals surface area (Å²) in [5.41, 5.74) is 0. The van der Waals surface area contributed by atoms with E-state index in [2.05, 4.69) is 32.5 Å². The molecule has 0 bridgehead atoms. The minimum absolute atomic E-state index is 0.857. The summed E-state index contributed by atoms with van der Waals surface area (Å²) < 4.78 is 0. The SMILES string of the molecule is CC(C)C(C)CSCC1CCCC1. The first-order valence-electron chi connectivity index (χ1n) is 5.78. The van der Waals surface area contributed by atoms with Gasteiger partial charge in [-0.15, -0.1) is 0 Å². The Labute approximate surface area is 87.9 Å². The van der Waals surface area contributed by atoms with Crippen molar-refractivity contribution in [2.75, 3.05) is 11.5 Å². The first-order valence-corrected chi connectivity index (χ1v) is 6.93. The molecule has 0 radical (unpaired) electrons. The highest BCUT2D eigenvalue weighted by atomic mass is 32.2. The zero-order valence-corrected chi connectivity index (χ0v) is 10.2. The highest BCUT2D eigenvalue weighted by molar-refractivity contribution is 7.99. The molecular weight excluding hydrogens is 176 g/mol. The van der Waals surface area contributed by atoms with E-state index in [1.165, 1.54) is 37.2 Å². The van der Waals surface area contributed by atoms with Crippen molar-refractivity contribution < 1.29 is 0 Å². The molecule has 1 aliphatic rings. The Kier molecular flexibility index (Phi) is 5.23. The quantitative estimate of drug-likeness (QED) is 0.641. The lowest BCUT2D eigenvalue weighted by molar-refractivity contribution is 0.464. The molecule has 0 N–H and O–H groups in total. The standard InChI is InChI=1S/C12H24S/c1-10(2)11(3)8-13-9-12-6-4-5-7-12/h10-12H,4-9H2,1-3H3. The average Bonchev–Trinajstić information content (AvgIpc) is 2.56. The van der Waals surface area contributed by atoms with Gasteiger partial charge in [0.25, 0.3) is 0 Å². The Morgan fingerprint density at radius 3 is 2.31 bits per heavy atom. The summed E-state index contributed by atoms with van der Waals surface area (Å²) in [6.45, 7) is 7.05. The normalized spacial score (nSPS) is 21.2. The van der Waals surface area contributed by atoms with Gasteiger partial charge >= 0.3 is 0 Å². The molecule has 0 saturated heterocycles. The van der Waals surface area contributed by atoms with Crippen LogP contribution in [0, 0.1) is 17.8 Å². The third-order valence-electron chi connectivity index (χ3n) is 3.35. The maximum atomic E-state index is 2.38. The van der Waals surface area contributed by atoms with E-state index in [4.69, 9.17) is 0 Å². The summed E-state index contributed by atoms with van der Waals surface area (Å²) in [4.78, 5) is 0. The number of hydrogen-bond donors (Lipinski definition) is 0. The number of thioether (sulfide) groups is 1. The molecular formula is C12H24S. The van der Waals surface area contributed by atoms with Gasteiger partial charge in [-0.3, -0.25) is 0 Å². The average molecular weight is 200 g/mol. The van der Waals surface area contributed by atoms with Crippen LogP contribution >= 0.6 is 11.8 Å². The van der Waals surface area contributed by atoms with Gasteiger partial charge in [-0.05, 0) is 42.1 Å². The molecule has 0 amide bonds. The molecule has 0 aromatic carbocycles. The van der Waals surface area contributed by atoms with Crippen LogP contribution in [0.15, 0.2) is 0 Å². The van der Waals surface area contributed by atoms with E-state index in [-0.39, 0.29) is 0 Å². The highest BCUT2D eigenvalue weighted by Crippen LogP contribution is 2.29. The molecule has 1 aliphatic carbocycles. The molecule has 0 nitrogen and oxygen atoms in total. The zero-order chi connectivity index (χ0) is 9.68. The third-order valence-corrected chi connectivity index (χ3v) is 4.82. The van der Waals surface area contributed by atoms with E-state index >= 15 is 0 Å². The summed E-state index contributed by atoms with van der Waals surface area (Å²) in [7, 11) is 0. The molecule has 0 heterocycles. The maximum absolute atomic E-state index is 2.38. The molecule has 0 aromatic rings. The summed E-state index contributed by atoms with van der Waals surface area (Å²) in [6.07, 6.45) is 5.99. The van der Waals surface area contributed by atoms with Gasteiger partial charge in [0, 0.05) is 0 Å². The van der Waals surface area contributed by atoms with Crippen molar-refractivity contribution in [2.24, 2.45) is 17.8 Å². The lowest BCUT2D eigenvalue weighted by Crippen LogP contribution is -2.08. The van der Waals surface area contributed by atoms with Gasteiger partial charge in [0.2, 0.25) is 0 Å². The van der Waals surface area contributed by atoms with Crippen LogP contribution in [-0.2, 0) is 0 Å². The van der Waals surface area contributed by atoms with Gasteiger partial charge in [-0.1, -0.05) is 33.6 Å². The predicted octanol–water partition coefficient (Wildman–Crippen LogP) is 4.20. The molecule has 1 saturated carbocycles. The van der Waals surface area contributed by atoms with Gasteiger partial charge in [0.1, 0.15) is 0 Å². The molecule has 13 heavy (non-hydrogen) atoms. The monoisotopic (exact) mass is 200 g/mol. The molecule has 1 unspecified atom stereocenters. The van der Waals surface area contributed by atoms with E-state index in [1.807, 2.05) is 0 Å². The Morgan fingerprint density at radius 2 is 1.77 bits per heavy atom. The number of rotatable bonds is 5. The van der Waals surface area contributed by atoms with Crippen LogP contribution in [-0.4, -0.2) is 11.5 Å². The van der Waals surface area contributed by atoms with Crippen molar-refractivity contribution in [3.8, 4) is 0 Å². The van der Waals surface area contributed by atoms with Crippen molar-refractivity contribution in [1.82, 2.24) is 0 Å². The molecule has 1 fully saturated rings. The second kappa shape index (κ2) is 5.95. The Balaban J connectivity index is 1.99. The molecule has 1 atom stereocenters. The fourth-order valence-corrected chi connectivity index (χ4v) is 3.35. The Morgan fingerprint density at radius 1 is 1.15 bits per heavy atom. The van der Waals surface area contributed by atoms with Crippen molar-refractivity contribution in [3.05, 3.63) is 0 Å². The van der Waals surface area contributed by atoms with Gasteiger partial charge in [0.15, 0.2) is 0 Å². The molecule has 1 rings (SSSR count). The second-order valence-corrected chi connectivity index (χ2v) is 5.98. The lowest BCUT2D eigenvalue weighted by atomic mass is 10.0. The van der Waals surface area contributed by atoms with E-state index < -0.39 is 0 Å². The summed E-state index contributed by atoms with van der Waals surface area (Å²) in [5.74, 6) is 5.61. The largest absolute Gasteiger partial charge is 0.161 e. The fraction of sp³-hybridized carbons (Fsp3) is 1.00. The molecule has 1 heteroatoms. The van der Waals surface area contributed by atoms with E-state index in [1.54, 1.807) is 0 Å². The maximum Gasteiger partial charge on any atom is -0.00390 e. The second-order valence-electron chi connectivity index (χ2n) is 4.91. The minimum atomic E-state index is 0.857. The van der Waals surface area contributed by atoms with Crippen LogP contribution < -0.4 is 0 Å². The number of hydrogen-bond acceptors (Lipinski definition) is 1. The molecule has 78 valence electrons. The third kappa shape index (κ3) is 4.39. The topological polar surface area (TPSA) is 0 Å². The van der Waals surface area contributed by atoms with Gasteiger partial charge in [0.05, 0.1) is 0 Å². The summed E-state index contributed by atoms with van der Waals surface area (Å²) in [6, 6.07) is 0. The van der Waals surface area contributed by atoms with Gasteiger partial charge < -0.3 is 0 Å². The smallest absolute Gasteiger partial charge is 0.00390 e. The van der Waals surface area contributed by atoms with Crippen LogP contribution in [0.3, 0.4) is 0 Å². The summed E-state index contributed by atoms with van der Waals surface area (Å²) >= 11 is 2.19. The summed E-state index contributed by atoms with van der Waals surface area (Å²) in [5, 5.41) is 0.